The molecule has 30 heavy (non-hydrogen) atoms. The van der Waals surface area contributed by atoms with Gasteiger partial charge in [0.05, 0.1) is 15.1 Å². The first-order chi connectivity index (χ1) is 14.2. The van der Waals surface area contributed by atoms with Gasteiger partial charge in [-0.25, -0.2) is 4.39 Å². The van der Waals surface area contributed by atoms with Crippen LogP contribution in [0.25, 0.3) is 0 Å². The molecule has 2 atom stereocenters. The smallest absolute Gasteiger partial charge is 0.260 e. The van der Waals surface area contributed by atoms with Crippen LogP contribution in [0.5, 0.6) is 5.75 Å². The normalized spacial score (nSPS) is 19.8. The third kappa shape index (κ3) is 5.32. The van der Waals surface area contributed by atoms with Crippen molar-refractivity contribution in [2.45, 2.75) is 32.5 Å². The van der Waals surface area contributed by atoms with E-state index in [9.17, 15) is 9.18 Å². The van der Waals surface area contributed by atoms with Gasteiger partial charge in [0.2, 0.25) is 0 Å². The predicted octanol–water partition coefficient (Wildman–Crippen LogP) is 5.94. The van der Waals surface area contributed by atoms with Crippen LogP contribution in [0, 0.1) is 5.82 Å². The largest absolute Gasteiger partial charge is 0.481 e. The summed E-state index contributed by atoms with van der Waals surface area (Å²) in [6.45, 7) is 5.76. The molecule has 1 saturated heterocycles. The summed E-state index contributed by atoms with van der Waals surface area (Å²) in [5.41, 5.74) is 1.03. The van der Waals surface area contributed by atoms with Crippen molar-refractivity contribution in [3.8, 4) is 5.75 Å². The predicted molar refractivity (Wildman–Crippen MR) is 119 cm³/mol. The Hall–Kier alpha value is -1.24. The Morgan fingerprint density at radius 2 is 1.70 bits per heavy atom. The fourth-order valence-electron chi connectivity index (χ4n) is 3.49. The monoisotopic (exact) mass is 492 g/mol. The molecule has 3 rings (SSSR count). The van der Waals surface area contributed by atoms with E-state index in [0.29, 0.717) is 19.6 Å². The van der Waals surface area contributed by atoms with Crippen LogP contribution in [0.1, 0.15) is 19.4 Å². The zero-order valence-electron chi connectivity index (χ0n) is 16.5. The Morgan fingerprint density at radius 1 is 1.03 bits per heavy atom. The molecule has 1 heterocycles. The van der Waals surface area contributed by atoms with E-state index in [-0.39, 0.29) is 56.3 Å². The highest BCUT2D eigenvalue weighted by atomic mass is 35.5. The second-order valence-corrected chi connectivity index (χ2v) is 8.96. The van der Waals surface area contributed by atoms with Crippen molar-refractivity contribution in [1.29, 1.82) is 0 Å². The quantitative estimate of drug-likeness (QED) is 0.381. The molecule has 0 radical (unpaired) electrons. The average molecular weight is 494 g/mol. The molecule has 2 aromatic carbocycles. The molecular weight excluding hydrogens is 473 g/mol. The molecule has 0 N–H and O–H groups in total. The van der Waals surface area contributed by atoms with Gasteiger partial charge in [-0.1, -0.05) is 58.5 Å². The fourth-order valence-corrected chi connectivity index (χ4v) is 4.50. The van der Waals surface area contributed by atoms with Gasteiger partial charge in [-0.2, -0.15) is 0 Å². The first-order valence-corrected chi connectivity index (χ1v) is 10.9. The lowest BCUT2D eigenvalue weighted by molar-refractivity contribution is -0.139. The summed E-state index contributed by atoms with van der Waals surface area (Å²) < 4.78 is 18.7. The van der Waals surface area contributed by atoms with Crippen LogP contribution in [0.15, 0.2) is 30.3 Å². The summed E-state index contributed by atoms with van der Waals surface area (Å²) in [5, 5.41) is 0.604. The molecule has 1 aliphatic rings. The van der Waals surface area contributed by atoms with E-state index in [1.165, 1.54) is 18.2 Å². The molecule has 1 amide bonds. The maximum absolute atomic E-state index is 13.1. The summed E-state index contributed by atoms with van der Waals surface area (Å²) in [7, 11) is 0. The van der Waals surface area contributed by atoms with Gasteiger partial charge in [-0.15, -0.1) is 0 Å². The molecule has 0 bridgehead atoms. The van der Waals surface area contributed by atoms with Crippen molar-refractivity contribution in [3.05, 3.63) is 61.8 Å². The van der Waals surface area contributed by atoms with Crippen molar-refractivity contribution in [2.75, 3.05) is 19.7 Å². The Morgan fingerprint density at radius 3 is 2.37 bits per heavy atom. The molecule has 162 valence electrons. The number of hydrogen-bond acceptors (Lipinski definition) is 3. The van der Waals surface area contributed by atoms with Crippen molar-refractivity contribution in [1.82, 2.24) is 9.80 Å². The van der Waals surface area contributed by atoms with Crippen molar-refractivity contribution < 1.29 is 13.9 Å². The van der Waals surface area contributed by atoms with Crippen LogP contribution < -0.4 is 4.74 Å². The molecular formula is C21H21Cl4FN2O2. The summed E-state index contributed by atoms with van der Waals surface area (Å²) in [6.07, 6.45) is 0. The van der Waals surface area contributed by atoms with E-state index in [2.05, 4.69) is 11.8 Å². The molecule has 0 aliphatic carbocycles. The molecule has 1 aliphatic heterocycles. The number of carbonyl (C=O) groups excluding carboxylic acids is 1. The number of amides is 1. The lowest BCUT2D eigenvalue weighted by atomic mass is 10.1. The highest BCUT2D eigenvalue weighted by Gasteiger charge is 2.32. The zero-order chi connectivity index (χ0) is 22.0. The SMILES string of the molecule is C[C@@H]1CN(Cc2ccc(F)cc2)[C@@H](C)CN1C(=O)COc1c(Cl)cc(Cl)c(Cl)c1Cl. The van der Waals surface area contributed by atoms with E-state index >= 15 is 0 Å². The molecule has 9 heteroatoms. The number of benzene rings is 2. The van der Waals surface area contributed by atoms with E-state index in [1.807, 2.05) is 6.92 Å². The molecule has 0 unspecified atom stereocenters. The minimum absolute atomic E-state index is 0.0162. The zero-order valence-corrected chi connectivity index (χ0v) is 19.5. The van der Waals surface area contributed by atoms with Crippen LogP contribution in [0.4, 0.5) is 4.39 Å². The minimum Gasteiger partial charge on any atom is -0.481 e. The van der Waals surface area contributed by atoms with Crippen molar-refractivity contribution >= 4 is 52.3 Å². The van der Waals surface area contributed by atoms with Crippen LogP contribution in [-0.2, 0) is 11.3 Å². The van der Waals surface area contributed by atoms with Crippen molar-refractivity contribution in [2.24, 2.45) is 0 Å². The maximum Gasteiger partial charge on any atom is 0.260 e. The molecule has 0 aromatic heterocycles. The molecule has 2 aromatic rings. The second-order valence-electron chi connectivity index (χ2n) is 7.39. The first kappa shape index (κ1) is 23.4. The lowest BCUT2D eigenvalue weighted by Crippen LogP contribution is -2.58. The number of piperazine rings is 1. The van der Waals surface area contributed by atoms with Crippen molar-refractivity contribution in [3.63, 3.8) is 0 Å². The van der Waals surface area contributed by atoms with Crippen LogP contribution in [0.3, 0.4) is 0 Å². The van der Waals surface area contributed by atoms with E-state index in [4.69, 9.17) is 51.1 Å². The van der Waals surface area contributed by atoms with Gasteiger partial charge in [0, 0.05) is 31.7 Å². The summed E-state index contributed by atoms with van der Waals surface area (Å²) in [5.74, 6) is -0.288. The number of rotatable bonds is 5. The minimum atomic E-state index is -0.252. The molecule has 0 saturated carbocycles. The van der Waals surface area contributed by atoms with Gasteiger partial charge >= 0.3 is 0 Å². The van der Waals surface area contributed by atoms with Gasteiger partial charge in [0.25, 0.3) is 5.91 Å². The van der Waals surface area contributed by atoms with Crippen LogP contribution in [-0.4, -0.2) is 47.5 Å². The number of nitrogens with zero attached hydrogens (tertiary/aromatic N) is 2. The number of hydrogen-bond donors (Lipinski definition) is 0. The Balaban J connectivity index is 1.61. The van der Waals surface area contributed by atoms with Gasteiger partial charge in [-0.05, 0) is 37.6 Å². The van der Waals surface area contributed by atoms with E-state index in [0.717, 1.165) is 5.56 Å². The van der Waals surface area contributed by atoms with Gasteiger partial charge in [-0.3, -0.25) is 9.69 Å². The number of ether oxygens (including phenoxy) is 1. The van der Waals surface area contributed by atoms with Gasteiger partial charge in [0.1, 0.15) is 10.8 Å². The molecule has 1 fully saturated rings. The summed E-state index contributed by atoms with van der Waals surface area (Å²) in [4.78, 5) is 16.9. The van der Waals surface area contributed by atoms with Crippen LogP contribution >= 0.6 is 46.4 Å². The number of carbonyl (C=O) groups is 1. The highest BCUT2D eigenvalue weighted by Crippen LogP contribution is 2.42. The number of halogens is 5. The van der Waals surface area contributed by atoms with Gasteiger partial charge < -0.3 is 9.64 Å². The Bertz CT molecular complexity index is 926. The molecule has 4 nitrogen and oxygen atoms in total. The summed E-state index contributed by atoms with van der Waals surface area (Å²) in [6, 6.07) is 8.02. The third-order valence-electron chi connectivity index (χ3n) is 5.15. The van der Waals surface area contributed by atoms with E-state index < -0.39 is 0 Å². The lowest BCUT2D eigenvalue weighted by Gasteiger charge is -2.44. The topological polar surface area (TPSA) is 32.8 Å². The average Bonchev–Trinajstić information content (AvgIpc) is 2.70. The highest BCUT2D eigenvalue weighted by molar-refractivity contribution is 6.50. The van der Waals surface area contributed by atoms with E-state index in [1.54, 1.807) is 17.0 Å². The fraction of sp³-hybridized carbons (Fsp3) is 0.381. The van der Waals surface area contributed by atoms with Gasteiger partial charge in [0.15, 0.2) is 12.4 Å². The van der Waals surface area contributed by atoms with Crippen LogP contribution in [0.2, 0.25) is 20.1 Å². The Kier molecular flexibility index (Phi) is 7.75. The standard InChI is InChI=1S/C21H21Cl4FN2O2/c1-12-9-28(13(2)8-27(12)10-14-3-5-15(26)6-4-14)18(29)11-30-21-17(23)7-16(22)19(24)20(21)25/h3-7,12-13H,8-11H2,1-2H3/t12-,13+/m0/s1. The second kappa shape index (κ2) is 9.92. The maximum atomic E-state index is 13.1. The molecule has 0 spiro atoms. The third-order valence-corrected chi connectivity index (χ3v) is 6.67. The summed E-state index contributed by atoms with van der Waals surface area (Å²) >= 11 is 24.2. The first-order valence-electron chi connectivity index (χ1n) is 9.41. The Labute approximate surface area is 195 Å².